The summed E-state index contributed by atoms with van der Waals surface area (Å²) >= 11 is 0. The minimum Gasteiger partial charge on any atom is -0.508 e. The van der Waals surface area contributed by atoms with Gasteiger partial charge >= 0.3 is 0 Å². The lowest BCUT2D eigenvalue weighted by molar-refractivity contribution is 0.103. The molecular weight excluding hydrogens is 314 g/mol. The summed E-state index contributed by atoms with van der Waals surface area (Å²) in [6, 6.07) is 21.9. The monoisotopic (exact) mass is 331 g/mol. The number of hydrogen-bond acceptors (Lipinski definition) is 4. The van der Waals surface area contributed by atoms with E-state index in [4.69, 9.17) is 4.74 Å². The molecular formula is C21H17NO3. The third kappa shape index (κ3) is 3.06. The second-order valence-electron chi connectivity index (χ2n) is 6.01. The molecule has 0 unspecified atom stereocenters. The van der Waals surface area contributed by atoms with E-state index in [1.807, 2.05) is 42.5 Å². The predicted octanol–water partition coefficient (Wildman–Crippen LogP) is 3.98. The third-order valence-corrected chi connectivity index (χ3v) is 4.31. The van der Waals surface area contributed by atoms with Crippen LogP contribution in [0.5, 0.6) is 11.5 Å². The number of ether oxygens (including phenoxy) is 1. The Labute approximate surface area is 145 Å². The summed E-state index contributed by atoms with van der Waals surface area (Å²) in [7, 11) is 0. The average molecular weight is 331 g/mol. The number of para-hydroxylation sites is 1. The minimum absolute atomic E-state index is 0.0698. The molecule has 0 atom stereocenters. The van der Waals surface area contributed by atoms with Crippen LogP contribution < -0.4 is 9.64 Å². The number of ketones is 1. The Hall–Kier alpha value is -3.27. The van der Waals surface area contributed by atoms with E-state index >= 15 is 0 Å². The molecule has 4 nitrogen and oxygen atoms in total. The second-order valence-corrected chi connectivity index (χ2v) is 6.01. The quantitative estimate of drug-likeness (QED) is 0.738. The zero-order chi connectivity index (χ0) is 17.2. The van der Waals surface area contributed by atoms with Gasteiger partial charge in [-0.15, -0.1) is 0 Å². The van der Waals surface area contributed by atoms with E-state index in [1.165, 1.54) is 12.1 Å². The van der Waals surface area contributed by atoms with Gasteiger partial charge in [-0.3, -0.25) is 4.79 Å². The number of aromatic hydroxyl groups is 1. The zero-order valence-electron chi connectivity index (χ0n) is 13.6. The van der Waals surface area contributed by atoms with Gasteiger partial charge in [-0.05, 0) is 54.6 Å². The maximum atomic E-state index is 12.7. The lowest BCUT2D eigenvalue weighted by Crippen LogP contribution is -2.31. The molecule has 0 bridgehead atoms. The summed E-state index contributed by atoms with van der Waals surface area (Å²) in [4.78, 5) is 14.8. The average Bonchev–Trinajstić information content (AvgIpc) is 2.68. The second kappa shape index (κ2) is 6.32. The molecule has 0 aliphatic carbocycles. The van der Waals surface area contributed by atoms with Crippen LogP contribution in [0.2, 0.25) is 0 Å². The Morgan fingerprint density at radius 2 is 1.64 bits per heavy atom. The summed E-state index contributed by atoms with van der Waals surface area (Å²) in [6.07, 6.45) is 0. The fraction of sp³-hybridized carbons (Fsp3) is 0.0952. The number of anilines is 1. The van der Waals surface area contributed by atoms with E-state index in [0.717, 1.165) is 17.0 Å². The van der Waals surface area contributed by atoms with E-state index in [0.29, 0.717) is 24.4 Å². The van der Waals surface area contributed by atoms with Crippen molar-refractivity contribution in [3.8, 4) is 11.5 Å². The first-order chi connectivity index (χ1) is 12.2. The number of phenolic OH excluding ortho intramolecular Hbond substituents is 1. The van der Waals surface area contributed by atoms with Crippen LogP contribution in [0.25, 0.3) is 0 Å². The Morgan fingerprint density at radius 1 is 0.920 bits per heavy atom. The van der Waals surface area contributed by atoms with Crippen LogP contribution >= 0.6 is 0 Å². The molecule has 3 aromatic carbocycles. The number of rotatable bonds is 3. The number of fused-ring (bicyclic) bond motifs is 1. The number of carbonyl (C=O) groups excluding carboxylic acids is 1. The van der Waals surface area contributed by atoms with Crippen molar-refractivity contribution in [2.24, 2.45) is 0 Å². The minimum atomic E-state index is -0.0698. The molecule has 25 heavy (non-hydrogen) atoms. The Balaban J connectivity index is 1.61. The maximum Gasteiger partial charge on any atom is 0.193 e. The molecule has 0 fully saturated rings. The molecule has 1 heterocycles. The van der Waals surface area contributed by atoms with E-state index in [2.05, 4.69) is 4.90 Å². The van der Waals surface area contributed by atoms with Gasteiger partial charge in [0.25, 0.3) is 0 Å². The Bertz CT molecular complexity index is 904. The number of carbonyl (C=O) groups is 1. The van der Waals surface area contributed by atoms with Gasteiger partial charge in [0, 0.05) is 28.9 Å². The number of hydrogen-bond donors (Lipinski definition) is 1. The number of nitrogens with zero attached hydrogens (tertiary/aromatic N) is 1. The van der Waals surface area contributed by atoms with Gasteiger partial charge in [0.1, 0.15) is 11.5 Å². The highest BCUT2D eigenvalue weighted by Gasteiger charge is 2.19. The van der Waals surface area contributed by atoms with Gasteiger partial charge in [-0.2, -0.15) is 0 Å². The van der Waals surface area contributed by atoms with Crippen molar-refractivity contribution in [3.05, 3.63) is 89.5 Å². The lowest BCUT2D eigenvalue weighted by atomic mass is 10.00. The standard InChI is InChI=1S/C21H17NO3/c23-19-9-6-15(7-10-19)21(24)16-8-11-20-17(12-16)13-22(14-25-20)18-4-2-1-3-5-18/h1-12,23H,13-14H2. The summed E-state index contributed by atoms with van der Waals surface area (Å²) in [5, 5.41) is 9.37. The van der Waals surface area contributed by atoms with Crippen LogP contribution in [0.15, 0.2) is 72.8 Å². The van der Waals surface area contributed by atoms with Gasteiger partial charge in [-0.25, -0.2) is 0 Å². The van der Waals surface area contributed by atoms with Gasteiger partial charge < -0.3 is 14.7 Å². The fourth-order valence-corrected chi connectivity index (χ4v) is 2.97. The van der Waals surface area contributed by atoms with Gasteiger partial charge in [-0.1, -0.05) is 18.2 Å². The summed E-state index contributed by atoms with van der Waals surface area (Å²) in [6.45, 7) is 1.18. The highest BCUT2D eigenvalue weighted by molar-refractivity contribution is 6.09. The van der Waals surface area contributed by atoms with Crippen molar-refractivity contribution in [2.75, 3.05) is 11.6 Å². The first-order valence-corrected chi connectivity index (χ1v) is 8.10. The van der Waals surface area contributed by atoms with Crippen molar-refractivity contribution in [3.63, 3.8) is 0 Å². The molecule has 1 N–H and O–H groups in total. The molecule has 0 amide bonds. The molecule has 4 heteroatoms. The molecule has 0 spiro atoms. The van der Waals surface area contributed by atoms with Gasteiger partial charge in [0.15, 0.2) is 12.5 Å². The summed E-state index contributed by atoms with van der Waals surface area (Å²) < 4.78 is 5.83. The van der Waals surface area contributed by atoms with Gasteiger partial charge in [0.05, 0.1) is 0 Å². The van der Waals surface area contributed by atoms with Crippen LogP contribution in [0, 0.1) is 0 Å². The first-order valence-electron chi connectivity index (χ1n) is 8.10. The highest BCUT2D eigenvalue weighted by Crippen LogP contribution is 2.29. The molecule has 124 valence electrons. The van der Waals surface area contributed by atoms with Crippen molar-refractivity contribution >= 4 is 11.5 Å². The Morgan fingerprint density at radius 3 is 2.40 bits per heavy atom. The van der Waals surface area contributed by atoms with E-state index < -0.39 is 0 Å². The fourth-order valence-electron chi connectivity index (χ4n) is 2.97. The lowest BCUT2D eigenvalue weighted by Gasteiger charge is -2.31. The molecule has 0 aromatic heterocycles. The molecule has 0 saturated heterocycles. The smallest absolute Gasteiger partial charge is 0.193 e. The predicted molar refractivity (Wildman–Crippen MR) is 96.1 cm³/mol. The molecule has 1 aliphatic heterocycles. The normalized spacial score (nSPS) is 13.0. The van der Waals surface area contributed by atoms with Crippen molar-refractivity contribution in [1.82, 2.24) is 0 Å². The van der Waals surface area contributed by atoms with Crippen LogP contribution in [0.3, 0.4) is 0 Å². The highest BCUT2D eigenvalue weighted by atomic mass is 16.5. The largest absolute Gasteiger partial charge is 0.508 e. The number of phenols is 1. The summed E-state index contributed by atoms with van der Waals surface area (Å²) in [5.41, 5.74) is 3.24. The van der Waals surface area contributed by atoms with E-state index in [1.54, 1.807) is 18.2 Å². The third-order valence-electron chi connectivity index (χ3n) is 4.31. The SMILES string of the molecule is O=C(c1ccc(O)cc1)c1ccc2c(c1)CN(c1ccccc1)CO2. The van der Waals surface area contributed by atoms with Crippen LogP contribution in [-0.2, 0) is 6.54 Å². The maximum absolute atomic E-state index is 12.7. The van der Waals surface area contributed by atoms with Gasteiger partial charge in [0.2, 0.25) is 0 Å². The van der Waals surface area contributed by atoms with Crippen molar-refractivity contribution in [2.45, 2.75) is 6.54 Å². The zero-order valence-corrected chi connectivity index (χ0v) is 13.6. The van der Waals surface area contributed by atoms with E-state index in [9.17, 15) is 9.90 Å². The first kappa shape index (κ1) is 15.3. The number of benzene rings is 3. The van der Waals surface area contributed by atoms with Crippen molar-refractivity contribution in [1.29, 1.82) is 0 Å². The molecule has 4 rings (SSSR count). The van der Waals surface area contributed by atoms with Crippen molar-refractivity contribution < 1.29 is 14.6 Å². The van der Waals surface area contributed by atoms with E-state index in [-0.39, 0.29) is 11.5 Å². The summed E-state index contributed by atoms with van der Waals surface area (Å²) in [5.74, 6) is 0.892. The van der Waals surface area contributed by atoms with Crippen LogP contribution in [0.1, 0.15) is 21.5 Å². The molecule has 0 saturated carbocycles. The van der Waals surface area contributed by atoms with Crippen LogP contribution in [-0.4, -0.2) is 17.6 Å². The molecule has 1 aliphatic rings. The topological polar surface area (TPSA) is 49.8 Å². The Kier molecular flexibility index (Phi) is 3.86. The van der Waals surface area contributed by atoms with Crippen LogP contribution in [0.4, 0.5) is 5.69 Å². The molecule has 3 aromatic rings. The molecule has 0 radical (unpaired) electrons.